The molecule has 0 fully saturated rings. The van der Waals surface area contributed by atoms with Gasteiger partial charge in [-0.15, -0.1) is 0 Å². The lowest BCUT2D eigenvalue weighted by molar-refractivity contribution is -0.118. The number of aliphatic hydroxyl groups is 1. The second-order valence-electron chi connectivity index (χ2n) is 6.17. The number of halogens is 1. The second kappa shape index (κ2) is 9.27. The van der Waals surface area contributed by atoms with Gasteiger partial charge in [0.1, 0.15) is 11.5 Å². The number of amides is 1. The van der Waals surface area contributed by atoms with Crippen LogP contribution in [0.25, 0.3) is 11.1 Å². The van der Waals surface area contributed by atoms with Gasteiger partial charge in [0, 0.05) is 16.8 Å². The molecule has 3 N–H and O–H groups in total. The van der Waals surface area contributed by atoms with Gasteiger partial charge in [0.05, 0.1) is 24.8 Å². The van der Waals surface area contributed by atoms with E-state index in [0.717, 1.165) is 0 Å². The zero-order valence-corrected chi connectivity index (χ0v) is 16.0. The Morgan fingerprint density at radius 2 is 1.93 bits per heavy atom. The number of ketones is 1. The van der Waals surface area contributed by atoms with E-state index in [-0.39, 0.29) is 41.3 Å². The van der Waals surface area contributed by atoms with Crippen LogP contribution >= 0.6 is 0 Å². The monoisotopic (exact) mass is 390 g/mol. The van der Waals surface area contributed by atoms with Crippen molar-refractivity contribution < 1.29 is 28.6 Å². The lowest BCUT2D eigenvalue weighted by Crippen LogP contribution is -2.41. The fourth-order valence-electron chi connectivity index (χ4n) is 2.83. The summed E-state index contributed by atoms with van der Waals surface area (Å²) in [6.07, 6.45) is 0.424. The average Bonchev–Trinajstić information content (AvgIpc) is 3.02. The van der Waals surface area contributed by atoms with Crippen LogP contribution in [0.5, 0.6) is 0 Å². The van der Waals surface area contributed by atoms with Crippen molar-refractivity contribution in [3.05, 3.63) is 47.0 Å². The van der Waals surface area contributed by atoms with Crippen LogP contribution < -0.4 is 5.32 Å². The van der Waals surface area contributed by atoms with Gasteiger partial charge in [0.2, 0.25) is 0 Å². The molecular formula is C20H23FN2O5. The summed E-state index contributed by atoms with van der Waals surface area (Å²) in [7, 11) is 0. The molecule has 7 nitrogen and oxygen atoms in total. The van der Waals surface area contributed by atoms with Crippen LogP contribution in [-0.4, -0.2) is 47.0 Å². The Kier molecular flexibility index (Phi) is 7.06. The number of hydrogen-bond donors (Lipinski definition) is 3. The smallest absolute Gasteiger partial charge is 0.340 e. The van der Waals surface area contributed by atoms with E-state index in [1.807, 2.05) is 0 Å². The maximum Gasteiger partial charge on any atom is 0.340 e. The zero-order valence-electron chi connectivity index (χ0n) is 16.0. The number of nitrogens with one attached hydrogen (secondary N) is 2. The van der Waals surface area contributed by atoms with Crippen molar-refractivity contribution in [3.8, 4) is 11.1 Å². The first-order valence-electron chi connectivity index (χ1n) is 8.96. The number of benzene rings is 1. The van der Waals surface area contributed by atoms with Crippen LogP contribution in [0.1, 0.15) is 46.8 Å². The minimum absolute atomic E-state index is 0.000234. The van der Waals surface area contributed by atoms with E-state index in [0.29, 0.717) is 6.42 Å². The van der Waals surface area contributed by atoms with Gasteiger partial charge < -0.3 is 20.1 Å². The number of ether oxygens (including phenoxy) is 1. The molecule has 1 atom stereocenters. The predicted molar refractivity (Wildman–Crippen MR) is 101 cm³/mol. The molecule has 0 spiro atoms. The summed E-state index contributed by atoms with van der Waals surface area (Å²) in [5, 5.41) is 11.7. The minimum atomic E-state index is -0.969. The molecule has 0 bridgehead atoms. The van der Waals surface area contributed by atoms with Crippen molar-refractivity contribution >= 4 is 17.7 Å². The Hall–Kier alpha value is -3.00. The quantitative estimate of drug-likeness (QED) is 0.364. The number of aliphatic hydroxyl groups excluding tert-OH is 1. The van der Waals surface area contributed by atoms with Gasteiger partial charge in [0.15, 0.2) is 0 Å². The van der Waals surface area contributed by atoms with Crippen LogP contribution in [0.15, 0.2) is 24.3 Å². The molecule has 0 aliphatic carbocycles. The van der Waals surface area contributed by atoms with E-state index < -0.39 is 29.5 Å². The van der Waals surface area contributed by atoms with Gasteiger partial charge in [-0.25, -0.2) is 9.18 Å². The second-order valence-corrected chi connectivity index (χ2v) is 6.17. The predicted octanol–water partition coefficient (Wildman–Crippen LogP) is 2.38. The molecule has 2 rings (SSSR count). The van der Waals surface area contributed by atoms with E-state index in [2.05, 4.69) is 10.3 Å². The SMILES string of the molecule is CCOC(=O)c1c(C)[nH]c(C(=O)C(=O)N[C@H](CC)CO)c1-c1ccccc1F. The Bertz CT molecular complexity index is 887. The van der Waals surface area contributed by atoms with Gasteiger partial charge in [-0.1, -0.05) is 25.1 Å². The Morgan fingerprint density at radius 1 is 1.25 bits per heavy atom. The third-order valence-electron chi connectivity index (χ3n) is 4.29. The number of carbonyl (C=O) groups is 3. The van der Waals surface area contributed by atoms with Gasteiger partial charge >= 0.3 is 5.97 Å². The van der Waals surface area contributed by atoms with Crippen LogP contribution in [0.4, 0.5) is 4.39 Å². The first kappa shape index (κ1) is 21.3. The summed E-state index contributed by atoms with van der Waals surface area (Å²) in [4.78, 5) is 40.3. The highest BCUT2D eigenvalue weighted by atomic mass is 19.1. The van der Waals surface area contributed by atoms with E-state index in [9.17, 15) is 23.9 Å². The van der Waals surface area contributed by atoms with Gasteiger partial charge in [-0.3, -0.25) is 9.59 Å². The normalized spacial score (nSPS) is 11.8. The summed E-state index contributed by atoms with van der Waals surface area (Å²) in [5.41, 5.74) is 0.0433. The molecular weight excluding hydrogens is 367 g/mol. The third kappa shape index (κ3) is 4.28. The molecule has 0 aliphatic rings. The number of hydrogen-bond acceptors (Lipinski definition) is 5. The third-order valence-corrected chi connectivity index (χ3v) is 4.29. The fraction of sp³-hybridized carbons (Fsp3) is 0.350. The number of H-pyrrole nitrogens is 1. The summed E-state index contributed by atoms with van der Waals surface area (Å²) in [5.74, 6) is -3.31. The molecule has 1 aromatic carbocycles. The number of aryl methyl sites for hydroxylation is 1. The maximum absolute atomic E-state index is 14.5. The molecule has 150 valence electrons. The molecule has 1 heterocycles. The van der Waals surface area contributed by atoms with E-state index >= 15 is 0 Å². The first-order valence-corrected chi connectivity index (χ1v) is 8.96. The summed E-state index contributed by atoms with van der Waals surface area (Å²) in [6.45, 7) is 4.68. The van der Waals surface area contributed by atoms with Gasteiger partial charge in [0.25, 0.3) is 11.7 Å². The highest BCUT2D eigenvalue weighted by Gasteiger charge is 2.31. The topological polar surface area (TPSA) is 108 Å². The van der Waals surface area contributed by atoms with E-state index in [1.54, 1.807) is 19.9 Å². The molecule has 0 aliphatic heterocycles. The maximum atomic E-state index is 14.5. The summed E-state index contributed by atoms with van der Waals surface area (Å²) < 4.78 is 19.5. The Morgan fingerprint density at radius 3 is 2.50 bits per heavy atom. The summed E-state index contributed by atoms with van der Waals surface area (Å²) >= 11 is 0. The number of aromatic nitrogens is 1. The first-order chi connectivity index (χ1) is 13.3. The average molecular weight is 390 g/mol. The van der Waals surface area contributed by atoms with Gasteiger partial charge in [-0.2, -0.15) is 0 Å². The fourth-order valence-corrected chi connectivity index (χ4v) is 2.83. The standard InChI is InChI=1S/C20H23FN2O5/c1-4-12(10-24)23-19(26)18(25)17-16(13-8-6-7-9-14(13)21)15(11(3)22-17)20(27)28-5-2/h6-9,12,22,24H,4-5,10H2,1-3H3,(H,23,26)/t12-/m1/s1. The summed E-state index contributed by atoms with van der Waals surface area (Å²) in [6, 6.07) is 5.05. The van der Waals surface area contributed by atoms with Crippen molar-refractivity contribution in [1.82, 2.24) is 10.3 Å². The number of aromatic amines is 1. The lowest BCUT2D eigenvalue weighted by atomic mass is 9.97. The van der Waals surface area contributed by atoms with Gasteiger partial charge in [-0.05, 0) is 26.3 Å². The minimum Gasteiger partial charge on any atom is -0.462 e. The number of carbonyl (C=O) groups excluding carboxylic acids is 3. The molecule has 8 heteroatoms. The van der Waals surface area contributed by atoms with Crippen molar-refractivity contribution in [2.45, 2.75) is 33.2 Å². The van der Waals surface area contributed by atoms with Crippen molar-refractivity contribution in [3.63, 3.8) is 0 Å². The molecule has 1 amide bonds. The molecule has 0 saturated heterocycles. The molecule has 0 saturated carbocycles. The molecule has 0 unspecified atom stereocenters. The van der Waals surface area contributed by atoms with Crippen molar-refractivity contribution in [2.75, 3.05) is 13.2 Å². The zero-order chi connectivity index (χ0) is 20.8. The number of Topliss-reactive ketones (excluding diaryl/α,β-unsaturated/α-hetero) is 1. The van der Waals surface area contributed by atoms with Crippen LogP contribution in [0.3, 0.4) is 0 Å². The van der Waals surface area contributed by atoms with Crippen LogP contribution in [-0.2, 0) is 9.53 Å². The van der Waals surface area contributed by atoms with Crippen molar-refractivity contribution in [1.29, 1.82) is 0 Å². The van der Waals surface area contributed by atoms with Crippen LogP contribution in [0.2, 0.25) is 0 Å². The highest BCUT2D eigenvalue weighted by molar-refractivity contribution is 6.44. The number of esters is 1. The van der Waals surface area contributed by atoms with E-state index in [1.165, 1.54) is 25.1 Å². The molecule has 2 aromatic rings. The van der Waals surface area contributed by atoms with E-state index in [4.69, 9.17) is 4.74 Å². The van der Waals surface area contributed by atoms with Crippen molar-refractivity contribution in [2.24, 2.45) is 0 Å². The Labute approximate surface area is 161 Å². The lowest BCUT2D eigenvalue weighted by Gasteiger charge is -2.13. The molecule has 0 radical (unpaired) electrons. The molecule has 1 aromatic heterocycles. The molecule has 28 heavy (non-hydrogen) atoms. The number of rotatable bonds is 8. The highest BCUT2D eigenvalue weighted by Crippen LogP contribution is 2.33. The van der Waals surface area contributed by atoms with Crippen LogP contribution in [0, 0.1) is 12.7 Å². The Balaban J connectivity index is 2.60. The largest absolute Gasteiger partial charge is 0.462 e.